The Morgan fingerprint density at radius 2 is 1.73 bits per heavy atom. The Kier molecular flexibility index (Phi) is 13.7. The van der Waals surface area contributed by atoms with Gasteiger partial charge in [-0.1, -0.05) is 44.5 Å². The van der Waals surface area contributed by atoms with Crippen molar-refractivity contribution < 1.29 is 23.3 Å². The van der Waals surface area contributed by atoms with Gasteiger partial charge in [0.15, 0.2) is 5.82 Å². The van der Waals surface area contributed by atoms with Crippen LogP contribution in [0.3, 0.4) is 0 Å². The van der Waals surface area contributed by atoms with Crippen LogP contribution in [-0.4, -0.2) is 130 Å². The molecule has 4 heterocycles. The van der Waals surface area contributed by atoms with Crippen LogP contribution in [0.2, 0.25) is 5.02 Å². The van der Waals surface area contributed by atoms with Gasteiger partial charge in [-0.15, -0.1) is 0 Å². The number of benzene rings is 2. The third kappa shape index (κ3) is 10.6. The van der Waals surface area contributed by atoms with Gasteiger partial charge in [-0.3, -0.25) is 18.8 Å². The van der Waals surface area contributed by atoms with Crippen molar-refractivity contribution in [2.45, 2.75) is 52.2 Å². The first-order valence-corrected chi connectivity index (χ1v) is 20.4. The molecule has 56 heavy (non-hydrogen) atoms. The number of hydrogen-bond acceptors (Lipinski definition) is 11. The molecule has 14 nitrogen and oxygen atoms in total. The average Bonchev–Trinajstić information content (AvgIpc) is 3.62. The van der Waals surface area contributed by atoms with Crippen molar-refractivity contribution in [1.29, 1.82) is 0 Å². The molecule has 3 aliphatic rings. The highest BCUT2D eigenvalue weighted by Gasteiger charge is 2.38. The number of piperidine rings is 1. The standard InChI is InChI=1S/C39H54ClFN10O4S/c1-39(2,3)35(37(54)51-16-13-28(52)24-51)45-34(53)25-49-19-17-48(18-20-49)23-26-11-14-50(15-12-26)32-10-9-27(21-30(32)41)43-38-42-22-29(40)36(46-38)44-31-7-5-6-8-33(31)47(4)56-55/h5-10,21-22,26,28,35,52,56H,11-20,23-25H2,1-4H3,(H,45,53)(H2,42,43,44,46)/t28-,35-/m1/s1. The minimum Gasteiger partial charge on any atom is -0.391 e. The van der Waals surface area contributed by atoms with Crippen molar-refractivity contribution in [3.63, 3.8) is 0 Å². The van der Waals surface area contributed by atoms with Crippen LogP contribution in [0.15, 0.2) is 48.7 Å². The number of carbonyl (C=O) groups excluding carboxylic acids is 2. The predicted molar refractivity (Wildman–Crippen MR) is 221 cm³/mol. The molecular weight excluding hydrogens is 759 g/mol. The zero-order chi connectivity index (χ0) is 40.0. The zero-order valence-electron chi connectivity index (χ0n) is 32.5. The fraction of sp³-hybridized carbons (Fsp3) is 0.538. The summed E-state index contributed by atoms with van der Waals surface area (Å²) >= 11 is 6.23. The molecule has 3 saturated heterocycles. The van der Waals surface area contributed by atoms with Gasteiger partial charge in [-0.25, -0.2) is 13.6 Å². The summed E-state index contributed by atoms with van der Waals surface area (Å²) in [6, 6.07) is 11.7. The van der Waals surface area contributed by atoms with E-state index in [0.29, 0.717) is 59.0 Å². The molecule has 0 bridgehead atoms. The number of β-amino-alcohol motifs (C(OH)–C–C–N with tert-alkyl or cyclic N) is 1. The van der Waals surface area contributed by atoms with E-state index in [0.717, 1.165) is 58.7 Å². The highest BCUT2D eigenvalue weighted by molar-refractivity contribution is 7.67. The summed E-state index contributed by atoms with van der Waals surface area (Å²) in [5.74, 6) is 0.471. The van der Waals surface area contributed by atoms with Gasteiger partial charge in [0.25, 0.3) is 0 Å². The van der Waals surface area contributed by atoms with Crippen LogP contribution in [0.1, 0.15) is 40.0 Å². The first-order chi connectivity index (χ1) is 26.8. The maximum atomic E-state index is 15.5. The molecule has 304 valence electrons. The number of nitrogens with zero attached hydrogens (tertiary/aromatic N) is 7. The lowest BCUT2D eigenvalue weighted by molar-refractivity contribution is -0.139. The molecule has 3 aliphatic heterocycles. The lowest BCUT2D eigenvalue weighted by Gasteiger charge is -2.39. The summed E-state index contributed by atoms with van der Waals surface area (Å²) in [5, 5.41) is 19.5. The van der Waals surface area contributed by atoms with Gasteiger partial charge >= 0.3 is 0 Å². The van der Waals surface area contributed by atoms with E-state index in [1.807, 2.05) is 51.1 Å². The van der Waals surface area contributed by atoms with E-state index in [2.05, 4.69) is 40.6 Å². The third-order valence-electron chi connectivity index (χ3n) is 10.8. The highest BCUT2D eigenvalue weighted by atomic mass is 35.5. The number of piperazine rings is 1. The van der Waals surface area contributed by atoms with E-state index in [1.165, 1.54) is 16.6 Å². The number of nitrogens with one attached hydrogen (secondary N) is 3. The van der Waals surface area contributed by atoms with Crippen molar-refractivity contribution >= 4 is 69.8 Å². The van der Waals surface area contributed by atoms with Gasteiger partial charge in [-0.2, -0.15) is 4.98 Å². The van der Waals surface area contributed by atoms with E-state index in [-0.39, 0.29) is 42.0 Å². The summed E-state index contributed by atoms with van der Waals surface area (Å²) in [6.45, 7) is 12.7. The highest BCUT2D eigenvalue weighted by Crippen LogP contribution is 2.32. The number of amides is 2. The van der Waals surface area contributed by atoms with E-state index in [4.69, 9.17) is 11.6 Å². The number of aliphatic hydroxyl groups excluding tert-OH is 1. The molecule has 3 fully saturated rings. The van der Waals surface area contributed by atoms with Crippen LogP contribution >= 0.6 is 11.6 Å². The number of aromatic nitrogens is 2. The third-order valence-corrected chi connectivity index (χ3v) is 11.5. The molecule has 4 N–H and O–H groups in total. The lowest BCUT2D eigenvalue weighted by atomic mass is 9.85. The van der Waals surface area contributed by atoms with Crippen LogP contribution < -0.4 is 25.2 Å². The second kappa shape index (κ2) is 18.4. The van der Waals surface area contributed by atoms with Crippen LogP contribution in [0.4, 0.5) is 38.9 Å². The summed E-state index contributed by atoms with van der Waals surface area (Å²) < 4.78 is 28.5. The van der Waals surface area contributed by atoms with Crippen molar-refractivity contribution in [1.82, 2.24) is 30.0 Å². The normalized spacial score (nSPS) is 19.2. The van der Waals surface area contributed by atoms with Crippen LogP contribution in [0, 0.1) is 17.2 Å². The van der Waals surface area contributed by atoms with E-state index in [9.17, 15) is 18.9 Å². The van der Waals surface area contributed by atoms with Crippen LogP contribution in [0.5, 0.6) is 0 Å². The molecule has 2 atom stereocenters. The summed E-state index contributed by atoms with van der Waals surface area (Å²) in [5.41, 5.74) is 1.96. The molecule has 0 unspecified atom stereocenters. The minimum absolute atomic E-state index is 0.132. The van der Waals surface area contributed by atoms with Gasteiger partial charge in [0.1, 0.15) is 28.7 Å². The number of para-hydroxylation sites is 2. The molecule has 0 saturated carbocycles. The summed E-state index contributed by atoms with van der Waals surface area (Å²) in [7, 11) is 1.69. The largest absolute Gasteiger partial charge is 0.391 e. The lowest BCUT2D eigenvalue weighted by Crippen LogP contribution is -2.57. The van der Waals surface area contributed by atoms with E-state index in [1.54, 1.807) is 18.0 Å². The number of carbonyl (C=O) groups is 2. The van der Waals surface area contributed by atoms with Gasteiger partial charge in [0.2, 0.25) is 17.8 Å². The van der Waals surface area contributed by atoms with E-state index >= 15 is 4.39 Å². The first-order valence-electron chi connectivity index (χ1n) is 19.3. The number of anilines is 6. The Bertz CT molecular complexity index is 1850. The summed E-state index contributed by atoms with van der Waals surface area (Å²) in [6.07, 6.45) is 3.44. The Balaban J connectivity index is 0.946. The Labute approximate surface area is 337 Å². The van der Waals surface area contributed by atoms with Crippen LogP contribution in [0.25, 0.3) is 0 Å². The quantitative estimate of drug-likeness (QED) is 0.160. The monoisotopic (exact) mass is 812 g/mol. The van der Waals surface area contributed by atoms with Gasteiger partial charge < -0.3 is 35.8 Å². The maximum absolute atomic E-state index is 15.5. The number of hydrogen-bond donors (Lipinski definition) is 5. The van der Waals surface area contributed by atoms with Crippen LogP contribution in [-0.2, 0) is 21.4 Å². The number of halogens is 2. The molecular formula is C39H54ClFN10O4S. The molecule has 1 aromatic heterocycles. The SMILES string of the molecule is CN([SH]=O)c1ccccc1Nc1nc(Nc2ccc(N3CCC(CN4CCN(CC(=O)N[C@H](C(=O)N5CC[C@@H](O)C5)C(C)(C)C)CC4)CC3)c(F)c2)ncc1Cl. The predicted octanol–water partition coefficient (Wildman–Crippen LogP) is 4.01. The average molecular weight is 813 g/mol. The molecule has 0 radical (unpaired) electrons. The molecule has 2 amide bonds. The Hall–Kier alpha value is -4.09. The van der Waals surface area contributed by atoms with Crippen molar-refractivity contribution in [3.05, 3.63) is 59.5 Å². The second-order valence-electron chi connectivity index (χ2n) is 16.0. The fourth-order valence-corrected chi connectivity index (χ4v) is 7.95. The second-order valence-corrected chi connectivity index (χ2v) is 17.2. The number of thiol groups is 1. The first kappa shape index (κ1) is 41.5. The topological polar surface area (TPSA) is 150 Å². The molecule has 3 aromatic rings. The van der Waals surface area contributed by atoms with E-state index < -0.39 is 17.6 Å². The van der Waals surface area contributed by atoms with Crippen molar-refractivity contribution in [2.75, 3.05) is 92.3 Å². The minimum atomic E-state index is -0.647. The number of likely N-dealkylation sites (tertiary alicyclic amines) is 1. The maximum Gasteiger partial charge on any atom is 0.245 e. The zero-order valence-corrected chi connectivity index (χ0v) is 34.2. The molecule has 0 spiro atoms. The molecule has 6 rings (SSSR count). The van der Waals surface area contributed by atoms with Gasteiger partial charge in [-0.05, 0) is 60.9 Å². The molecule has 2 aromatic carbocycles. The number of aliphatic hydroxyl groups is 1. The van der Waals surface area contributed by atoms with Gasteiger partial charge in [0.05, 0.1) is 35.9 Å². The Morgan fingerprint density at radius 3 is 2.39 bits per heavy atom. The molecule has 0 aliphatic carbocycles. The Morgan fingerprint density at radius 1 is 1.02 bits per heavy atom. The number of rotatable bonds is 13. The summed E-state index contributed by atoms with van der Waals surface area (Å²) in [4.78, 5) is 43.4. The fourth-order valence-electron chi connectivity index (χ4n) is 7.55. The van der Waals surface area contributed by atoms with Gasteiger partial charge in [0, 0.05) is 71.6 Å². The van der Waals surface area contributed by atoms with Crippen molar-refractivity contribution in [3.8, 4) is 0 Å². The smallest absolute Gasteiger partial charge is 0.245 e. The molecule has 17 heteroatoms. The van der Waals surface area contributed by atoms with Crippen molar-refractivity contribution in [2.24, 2.45) is 11.3 Å².